The maximum atomic E-state index is 13.9. The number of hydrogen-bond acceptors (Lipinski definition) is 2. The van der Waals surface area contributed by atoms with Crippen LogP contribution in [0.3, 0.4) is 0 Å². The molecule has 30 heavy (non-hydrogen) atoms. The first-order chi connectivity index (χ1) is 14.2. The number of carbonyl (C=O) groups is 1. The molecule has 0 aliphatic rings. The van der Waals surface area contributed by atoms with E-state index in [4.69, 9.17) is 0 Å². The van der Waals surface area contributed by atoms with Crippen LogP contribution in [0.2, 0.25) is 0 Å². The zero-order valence-electron chi connectivity index (χ0n) is 18.3. The smallest absolute Gasteiger partial charge is 0.276 e. The van der Waals surface area contributed by atoms with Crippen LogP contribution >= 0.6 is 0 Å². The Morgan fingerprint density at radius 2 is 1.63 bits per heavy atom. The number of benzene rings is 2. The summed E-state index contributed by atoms with van der Waals surface area (Å²) in [6, 6.07) is 15.1. The lowest BCUT2D eigenvalue weighted by atomic mass is 10.0. The van der Waals surface area contributed by atoms with Gasteiger partial charge in [-0.2, -0.15) is 0 Å². The van der Waals surface area contributed by atoms with Gasteiger partial charge in [0.1, 0.15) is 11.6 Å². The summed E-state index contributed by atoms with van der Waals surface area (Å²) in [7, 11) is 0. The molecule has 2 aromatic carbocycles. The average Bonchev–Trinajstić information content (AvgIpc) is 3.06. The van der Waals surface area contributed by atoms with Crippen LogP contribution in [0.15, 0.2) is 59.5 Å². The maximum Gasteiger partial charge on any atom is 0.276 e. The van der Waals surface area contributed by atoms with E-state index in [-0.39, 0.29) is 22.9 Å². The van der Waals surface area contributed by atoms with Crippen molar-refractivity contribution in [3.63, 3.8) is 0 Å². The van der Waals surface area contributed by atoms with Gasteiger partial charge in [0.05, 0.1) is 11.0 Å². The molecular formula is C25H29N3O2. The Kier molecular flexibility index (Phi) is 4.92. The van der Waals surface area contributed by atoms with Crippen molar-refractivity contribution in [2.24, 2.45) is 5.92 Å². The van der Waals surface area contributed by atoms with Gasteiger partial charge < -0.3 is 9.72 Å². The fourth-order valence-electron chi connectivity index (χ4n) is 4.20. The predicted octanol–water partition coefficient (Wildman–Crippen LogP) is 4.91. The summed E-state index contributed by atoms with van der Waals surface area (Å²) in [4.78, 5) is 27.2. The Balaban J connectivity index is 2.09. The number of nitrogens with zero attached hydrogens (tertiary/aromatic N) is 2. The van der Waals surface area contributed by atoms with E-state index >= 15 is 0 Å². The van der Waals surface area contributed by atoms with Crippen LogP contribution in [0.25, 0.3) is 27.3 Å². The molecule has 4 aromatic rings. The van der Waals surface area contributed by atoms with Crippen molar-refractivity contribution < 1.29 is 4.79 Å². The third-order valence-electron chi connectivity index (χ3n) is 5.35. The highest BCUT2D eigenvalue weighted by Crippen LogP contribution is 2.27. The Labute approximate surface area is 176 Å². The van der Waals surface area contributed by atoms with E-state index in [9.17, 15) is 9.59 Å². The predicted molar refractivity (Wildman–Crippen MR) is 123 cm³/mol. The van der Waals surface area contributed by atoms with Gasteiger partial charge in [-0.1, -0.05) is 50.2 Å². The number of aromatic nitrogens is 2. The second kappa shape index (κ2) is 7.31. The standard InChI is InChI=1S/C25H29N3O2/c1-16(2)14-21(23(29)26-25(3,4)5)28-20-13-9-8-12-19(20)27-15-17-10-6-7-11-18(17)22(27)24(28)30/h6-13,15-16,21H,14H2,1-5H3,(H,26,29). The molecule has 0 spiro atoms. The first-order valence-electron chi connectivity index (χ1n) is 10.5. The summed E-state index contributed by atoms with van der Waals surface area (Å²) in [6.45, 7) is 10.0. The molecule has 0 aliphatic carbocycles. The van der Waals surface area contributed by atoms with Crippen LogP contribution in [0.4, 0.5) is 0 Å². The largest absolute Gasteiger partial charge is 0.350 e. The van der Waals surface area contributed by atoms with Gasteiger partial charge in [0.2, 0.25) is 5.91 Å². The lowest BCUT2D eigenvalue weighted by Gasteiger charge is -2.28. The Bertz CT molecular complexity index is 1310. The van der Waals surface area contributed by atoms with Crippen molar-refractivity contribution in [1.29, 1.82) is 0 Å². The molecule has 1 amide bonds. The highest BCUT2D eigenvalue weighted by molar-refractivity contribution is 6.00. The molecule has 2 aromatic heterocycles. The summed E-state index contributed by atoms with van der Waals surface area (Å²) in [5.74, 6) is 0.134. The van der Waals surface area contributed by atoms with Crippen molar-refractivity contribution >= 4 is 33.2 Å². The fraction of sp³-hybridized carbons (Fsp3) is 0.360. The van der Waals surface area contributed by atoms with Gasteiger partial charge in [-0.05, 0) is 45.2 Å². The minimum Gasteiger partial charge on any atom is -0.350 e. The van der Waals surface area contributed by atoms with Crippen LogP contribution in [0.1, 0.15) is 47.1 Å². The van der Waals surface area contributed by atoms with Crippen molar-refractivity contribution in [3.8, 4) is 0 Å². The van der Waals surface area contributed by atoms with Gasteiger partial charge in [0.15, 0.2) is 0 Å². The SMILES string of the molecule is CC(C)CC(C(=O)NC(C)(C)C)n1c(=O)c2c3ccccc3cn2c2ccccc21. The van der Waals surface area contributed by atoms with Crippen LogP contribution in [-0.2, 0) is 4.79 Å². The molecule has 1 atom stereocenters. The quantitative estimate of drug-likeness (QED) is 0.526. The minimum absolute atomic E-state index is 0.122. The molecule has 0 radical (unpaired) electrons. The maximum absolute atomic E-state index is 13.9. The summed E-state index contributed by atoms with van der Waals surface area (Å²) >= 11 is 0. The first kappa shape index (κ1) is 20.2. The molecule has 0 bridgehead atoms. The number of amides is 1. The zero-order valence-corrected chi connectivity index (χ0v) is 18.3. The lowest BCUT2D eigenvalue weighted by Crippen LogP contribution is -2.46. The first-order valence-corrected chi connectivity index (χ1v) is 10.5. The van der Waals surface area contributed by atoms with E-state index < -0.39 is 6.04 Å². The molecule has 2 heterocycles. The van der Waals surface area contributed by atoms with Crippen molar-refractivity contribution in [2.45, 2.75) is 52.6 Å². The van der Waals surface area contributed by atoms with E-state index in [1.165, 1.54) is 0 Å². The van der Waals surface area contributed by atoms with E-state index in [0.717, 1.165) is 21.8 Å². The molecule has 5 heteroatoms. The van der Waals surface area contributed by atoms with Gasteiger partial charge in [-0.3, -0.25) is 14.2 Å². The van der Waals surface area contributed by atoms with Gasteiger partial charge >= 0.3 is 0 Å². The minimum atomic E-state index is -0.583. The molecule has 1 unspecified atom stereocenters. The third-order valence-corrected chi connectivity index (χ3v) is 5.35. The van der Waals surface area contributed by atoms with Crippen molar-refractivity contribution in [3.05, 3.63) is 65.1 Å². The van der Waals surface area contributed by atoms with Gasteiger partial charge in [-0.25, -0.2) is 0 Å². The topological polar surface area (TPSA) is 55.5 Å². The summed E-state index contributed by atoms with van der Waals surface area (Å²) < 4.78 is 3.67. The Morgan fingerprint density at radius 1 is 1.00 bits per heavy atom. The summed E-state index contributed by atoms with van der Waals surface area (Å²) in [6.07, 6.45) is 2.59. The van der Waals surface area contributed by atoms with Crippen LogP contribution in [0, 0.1) is 5.92 Å². The molecule has 0 aliphatic heterocycles. The van der Waals surface area contributed by atoms with Crippen LogP contribution in [-0.4, -0.2) is 20.4 Å². The highest BCUT2D eigenvalue weighted by Gasteiger charge is 2.28. The highest BCUT2D eigenvalue weighted by atomic mass is 16.2. The Morgan fingerprint density at radius 3 is 2.30 bits per heavy atom. The molecule has 5 nitrogen and oxygen atoms in total. The van der Waals surface area contributed by atoms with E-state index in [1.54, 1.807) is 4.57 Å². The summed E-state index contributed by atoms with van der Waals surface area (Å²) in [5.41, 5.74) is 1.79. The molecule has 1 N–H and O–H groups in total. The second-order valence-electron chi connectivity index (χ2n) is 9.48. The number of para-hydroxylation sites is 2. The number of carbonyl (C=O) groups excluding carboxylic acids is 1. The molecule has 0 saturated heterocycles. The van der Waals surface area contributed by atoms with Gasteiger partial charge in [0, 0.05) is 22.5 Å². The molecule has 0 fully saturated rings. The molecule has 4 rings (SSSR count). The van der Waals surface area contributed by atoms with Crippen molar-refractivity contribution in [2.75, 3.05) is 0 Å². The number of rotatable bonds is 4. The molecule has 156 valence electrons. The molecule has 0 saturated carbocycles. The number of fused-ring (bicyclic) bond motifs is 5. The van der Waals surface area contributed by atoms with Crippen LogP contribution in [0.5, 0.6) is 0 Å². The van der Waals surface area contributed by atoms with E-state index in [1.807, 2.05) is 79.9 Å². The summed E-state index contributed by atoms with van der Waals surface area (Å²) in [5, 5.41) is 5.00. The monoisotopic (exact) mass is 403 g/mol. The van der Waals surface area contributed by atoms with E-state index in [0.29, 0.717) is 11.9 Å². The average molecular weight is 404 g/mol. The third kappa shape index (κ3) is 3.49. The van der Waals surface area contributed by atoms with Gasteiger partial charge in [0.25, 0.3) is 5.56 Å². The van der Waals surface area contributed by atoms with Gasteiger partial charge in [-0.15, -0.1) is 0 Å². The van der Waals surface area contributed by atoms with E-state index in [2.05, 4.69) is 19.2 Å². The lowest BCUT2D eigenvalue weighted by molar-refractivity contribution is -0.126. The van der Waals surface area contributed by atoms with Crippen molar-refractivity contribution in [1.82, 2.24) is 14.3 Å². The van der Waals surface area contributed by atoms with Crippen LogP contribution < -0.4 is 10.9 Å². The Hall–Kier alpha value is -3.08. The molecular weight excluding hydrogens is 374 g/mol. The second-order valence-corrected chi connectivity index (χ2v) is 9.48. The fourth-order valence-corrected chi connectivity index (χ4v) is 4.20. The normalized spacial score (nSPS) is 13.4. The zero-order chi connectivity index (χ0) is 21.6. The number of hydrogen-bond donors (Lipinski definition) is 1. The number of nitrogens with one attached hydrogen (secondary N) is 1.